The molecule has 0 radical (unpaired) electrons. The molecule has 0 unspecified atom stereocenters. The zero-order valence-electron chi connectivity index (χ0n) is 19.3. The van der Waals surface area contributed by atoms with Crippen LogP contribution in [0, 0.1) is 6.92 Å². The molecule has 1 aliphatic rings. The first kappa shape index (κ1) is 23.8. The molecule has 2 aromatic carbocycles. The number of nitrogens with zero attached hydrogens (tertiary/aromatic N) is 3. The van der Waals surface area contributed by atoms with Gasteiger partial charge in [-0.05, 0) is 68.8 Å². The van der Waals surface area contributed by atoms with Gasteiger partial charge in [0, 0.05) is 24.3 Å². The number of carbonyl (C=O) groups is 2. The van der Waals surface area contributed by atoms with Gasteiger partial charge in [-0.25, -0.2) is 0 Å². The van der Waals surface area contributed by atoms with E-state index in [4.69, 9.17) is 4.74 Å². The summed E-state index contributed by atoms with van der Waals surface area (Å²) >= 11 is 1.18. The number of aromatic nitrogens is 2. The Kier molecular flexibility index (Phi) is 8.21. The summed E-state index contributed by atoms with van der Waals surface area (Å²) in [6.45, 7) is 5.89. The van der Waals surface area contributed by atoms with Gasteiger partial charge in [-0.1, -0.05) is 36.0 Å². The second kappa shape index (κ2) is 11.7. The Hall–Kier alpha value is -3.30. The van der Waals surface area contributed by atoms with Gasteiger partial charge in [0.15, 0.2) is 5.01 Å². The zero-order valence-corrected chi connectivity index (χ0v) is 20.1. The quantitative estimate of drug-likeness (QED) is 0.483. The number of anilines is 1. The molecule has 0 spiro atoms. The first-order valence-electron chi connectivity index (χ1n) is 11.5. The number of hydrogen-bond acceptors (Lipinski definition) is 7. The van der Waals surface area contributed by atoms with Gasteiger partial charge >= 0.3 is 0 Å². The fraction of sp³-hybridized carbons (Fsp3) is 0.360. The topological polar surface area (TPSA) is 96.5 Å². The maximum atomic E-state index is 12.6. The van der Waals surface area contributed by atoms with E-state index in [0.717, 1.165) is 30.9 Å². The summed E-state index contributed by atoms with van der Waals surface area (Å²) in [5.41, 5.74) is 2.13. The van der Waals surface area contributed by atoms with E-state index in [1.54, 1.807) is 24.3 Å². The van der Waals surface area contributed by atoms with Gasteiger partial charge in [0.1, 0.15) is 12.4 Å². The normalized spacial score (nSPS) is 13.9. The summed E-state index contributed by atoms with van der Waals surface area (Å²) in [5, 5.41) is 14.6. The standard InChI is InChI=1S/C25H29N5O3S/c1-18-7-5-10-21(15-18)33-17-22-28-29-25(34-22)24(32)27-20-9-6-8-19(16-20)23(31)26-11-14-30-12-3-2-4-13-30/h5-10,15-16H,2-4,11-14,17H2,1H3,(H,26,31)(H,27,32). The van der Waals surface area contributed by atoms with E-state index >= 15 is 0 Å². The highest BCUT2D eigenvalue weighted by molar-refractivity contribution is 7.13. The van der Waals surface area contributed by atoms with Crippen LogP contribution in [0.2, 0.25) is 0 Å². The summed E-state index contributed by atoms with van der Waals surface area (Å²) in [5.74, 6) is 0.216. The number of rotatable bonds is 9. The average molecular weight is 480 g/mol. The van der Waals surface area contributed by atoms with Crippen molar-refractivity contribution in [3.05, 3.63) is 69.7 Å². The van der Waals surface area contributed by atoms with Crippen LogP contribution >= 0.6 is 11.3 Å². The molecule has 4 rings (SSSR count). The molecular formula is C25H29N5O3S. The van der Waals surface area contributed by atoms with Crippen LogP contribution in [-0.2, 0) is 6.61 Å². The van der Waals surface area contributed by atoms with Crippen molar-refractivity contribution in [1.29, 1.82) is 0 Å². The van der Waals surface area contributed by atoms with E-state index in [2.05, 4.69) is 25.7 Å². The van der Waals surface area contributed by atoms with Crippen molar-refractivity contribution in [2.24, 2.45) is 0 Å². The number of carbonyl (C=O) groups excluding carboxylic acids is 2. The maximum absolute atomic E-state index is 12.6. The molecule has 1 aliphatic heterocycles. The summed E-state index contributed by atoms with van der Waals surface area (Å²) < 4.78 is 5.73. The molecule has 2 amide bonds. The minimum absolute atomic E-state index is 0.153. The SMILES string of the molecule is Cc1cccc(OCc2nnc(C(=O)Nc3cccc(C(=O)NCCN4CCCCC4)c3)s2)c1. The van der Waals surface area contributed by atoms with Crippen LogP contribution in [-0.4, -0.2) is 53.1 Å². The van der Waals surface area contributed by atoms with Crippen LogP contribution in [0.15, 0.2) is 48.5 Å². The lowest BCUT2D eigenvalue weighted by Crippen LogP contribution is -2.37. The second-order valence-electron chi connectivity index (χ2n) is 8.30. The number of likely N-dealkylation sites (tertiary alicyclic amines) is 1. The minimum atomic E-state index is -0.373. The fourth-order valence-electron chi connectivity index (χ4n) is 3.79. The molecule has 34 heavy (non-hydrogen) atoms. The van der Waals surface area contributed by atoms with E-state index in [1.165, 1.54) is 30.6 Å². The van der Waals surface area contributed by atoms with E-state index in [0.29, 0.717) is 22.8 Å². The summed E-state index contributed by atoms with van der Waals surface area (Å²) in [6.07, 6.45) is 3.75. The molecule has 8 nitrogen and oxygen atoms in total. The fourth-order valence-corrected chi connectivity index (χ4v) is 4.44. The van der Waals surface area contributed by atoms with Gasteiger partial charge in [-0.3, -0.25) is 9.59 Å². The highest BCUT2D eigenvalue weighted by Gasteiger charge is 2.15. The molecule has 2 heterocycles. The first-order valence-corrected chi connectivity index (χ1v) is 12.3. The molecule has 178 valence electrons. The number of nitrogens with one attached hydrogen (secondary N) is 2. The monoisotopic (exact) mass is 479 g/mol. The van der Waals surface area contributed by atoms with Crippen molar-refractivity contribution in [2.45, 2.75) is 32.8 Å². The number of ether oxygens (including phenoxy) is 1. The van der Waals surface area contributed by atoms with E-state index in [9.17, 15) is 9.59 Å². The van der Waals surface area contributed by atoms with Gasteiger partial charge in [0.25, 0.3) is 11.8 Å². The van der Waals surface area contributed by atoms with E-state index in [-0.39, 0.29) is 23.4 Å². The summed E-state index contributed by atoms with van der Waals surface area (Å²) in [6, 6.07) is 14.6. The predicted molar refractivity (Wildman–Crippen MR) is 132 cm³/mol. The Morgan fingerprint density at radius 3 is 2.68 bits per heavy atom. The Morgan fingerprint density at radius 2 is 1.85 bits per heavy atom. The van der Waals surface area contributed by atoms with E-state index < -0.39 is 0 Å². The zero-order chi connectivity index (χ0) is 23.8. The lowest BCUT2D eigenvalue weighted by molar-refractivity contribution is 0.0945. The summed E-state index contributed by atoms with van der Waals surface area (Å²) in [7, 11) is 0. The number of piperidine rings is 1. The van der Waals surface area contributed by atoms with Crippen LogP contribution in [0.4, 0.5) is 5.69 Å². The number of hydrogen-bond donors (Lipinski definition) is 2. The van der Waals surface area contributed by atoms with Gasteiger partial charge < -0.3 is 20.3 Å². The summed E-state index contributed by atoms with van der Waals surface area (Å²) in [4.78, 5) is 27.5. The molecule has 0 bridgehead atoms. The molecule has 0 atom stereocenters. The van der Waals surface area contributed by atoms with Gasteiger partial charge in [0.05, 0.1) is 0 Å². The maximum Gasteiger partial charge on any atom is 0.286 e. The third kappa shape index (κ3) is 6.85. The Balaban J connectivity index is 1.27. The van der Waals surface area contributed by atoms with Crippen molar-refractivity contribution < 1.29 is 14.3 Å². The van der Waals surface area contributed by atoms with Crippen LogP contribution in [0.1, 0.15) is 50.0 Å². The van der Waals surface area contributed by atoms with Crippen LogP contribution < -0.4 is 15.4 Å². The lowest BCUT2D eigenvalue weighted by Gasteiger charge is -2.26. The van der Waals surface area contributed by atoms with Gasteiger partial charge in [-0.15, -0.1) is 10.2 Å². The average Bonchev–Trinajstić information content (AvgIpc) is 3.33. The first-order chi connectivity index (χ1) is 16.6. The number of aryl methyl sites for hydroxylation is 1. The molecule has 1 saturated heterocycles. The highest BCUT2D eigenvalue weighted by atomic mass is 32.1. The molecule has 1 fully saturated rings. The number of benzene rings is 2. The predicted octanol–water partition coefficient (Wildman–Crippen LogP) is 3.89. The largest absolute Gasteiger partial charge is 0.486 e. The highest BCUT2D eigenvalue weighted by Crippen LogP contribution is 2.18. The smallest absolute Gasteiger partial charge is 0.286 e. The van der Waals surface area contributed by atoms with Gasteiger partial charge in [-0.2, -0.15) is 0 Å². The minimum Gasteiger partial charge on any atom is -0.486 e. The molecule has 3 aromatic rings. The van der Waals surface area contributed by atoms with Crippen molar-refractivity contribution in [3.63, 3.8) is 0 Å². The third-order valence-electron chi connectivity index (χ3n) is 5.56. The van der Waals surface area contributed by atoms with Gasteiger partial charge in [0.2, 0.25) is 5.01 Å². The lowest BCUT2D eigenvalue weighted by atomic mass is 10.1. The van der Waals surface area contributed by atoms with Crippen LogP contribution in [0.5, 0.6) is 5.75 Å². The number of amides is 2. The van der Waals surface area contributed by atoms with Crippen molar-refractivity contribution >= 4 is 28.8 Å². The Bertz CT molecular complexity index is 1130. The molecule has 0 aliphatic carbocycles. The molecular weight excluding hydrogens is 450 g/mol. The van der Waals surface area contributed by atoms with Crippen molar-refractivity contribution in [1.82, 2.24) is 20.4 Å². The molecule has 0 saturated carbocycles. The van der Waals surface area contributed by atoms with Crippen molar-refractivity contribution in [3.8, 4) is 5.75 Å². The Morgan fingerprint density at radius 1 is 1.03 bits per heavy atom. The van der Waals surface area contributed by atoms with Crippen LogP contribution in [0.3, 0.4) is 0 Å². The van der Waals surface area contributed by atoms with E-state index in [1.807, 2.05) is 31.2 Å². The second-order valence-corrected chi connectivity index (χ2v) is 9.36. The van der Waals surface area contributed by atoms with Crippen LogP contribution in [0.25, 0.3) is 0 Å². The molecule has 9 heteroatoms. The molecule has 2 N–H and O–H groups in total. The van der Waals surface area contributed by atoms with Crippen molar-refractivity contribution in [2.75, 3.05) is 31.5 Å². The Labute approximate surface area is 203 Å². The third-order valence-corrected chi connectivity index (χ3v) is 6.45. The molecule has 1 aromatic heterocycles.